The summed E-state index contributed by atoms with van der Waals surface area (Å²) in [5.74, 6) is 0.453. The van der Waals surface area contributed by atoms with Gasteiger partial charge in [-0.05, 0) is 48.9 Å². The molecule has 8 nitrogen and oxygen atoms in total. The molecule has 2 saturated heterocycles. The molecule has 2 aromatic carbocycles. The van der Waals surface area contributed by atoms with E-state index in [1.54, 1.807) is 42.5 Å². The van der Waals surface area contributed by atoms with E-state index in [4.69, 9.17) is 21.7 Å². The Labute approximate surface area is 194 Å². The zero-order valence-electron chi connectivity index (χ0n) is 17.4. The van der Waals surface area contributed by atoms with Gasteiger partial charge in [0.05, 0.1) is 35.3 Å². The number of anilines is 2. The van der Waals surface area contributed by atoms with Crippen LogP contribution < -0.4 is 14.5 Å². The van der Waals surface area contributed by atoms with Crippen molar-refractivity contribution in [3.63, 3.8) is 0 Å². The minimum atomic E-state index is -0.396. The molecule has 2 aliphatic rings. The van der Waals surface area contributed by atoms with E-state index in [-0.39, 0.29) is 11.6 Å². The lowest BCUT2D eigenvalue weighted by molar-refractivity contribution is -0.384. The van der Waals surface area contributed by atoms with Crippen LogP contribution in [-0.4, -0.2) is 48.1 Å². The molecule has 0 bridgehead atoms. The van der Waals surface area contributed by atoms with E-state index in [9.17, 15) is 14.9 Å². The second-order valence-electron chi connectivity index (χ2n) is 7.05. The zero-order valence-corrected chi connectivity index (χ0v) is 19.0. The molecule has 2 heterocycles. The second kappa shape index (κ2) is 9.68. The van der Waals surface area contributed by atoms with Crippen molar-refractivity contribution in [2.45, 2.75) is 6.92 Å². The molecule has 2 fully saturated rings. The predicted octanol–water partition coefficient (Wildman–Crippen LogP) is 4.24. The lowest BCUT2D eigenvalue weighted by Gasteiger charge is -2.28. The third-order valence-electron chi connectivity index (χ3n) is 5.05. The highest BCUT2D eigenvalue weighted by molar-refractivity contribution is 8.27. The van der Waals surface area contributed by atoms with Gasteiger partial charge < -0.3 is 14.4 Å². The smallest absolute Gasteiger partial charge is 0.293 e. The maximum atomic E-state index is 13.0. The Kier molecular flexibility index (Phi) is 6.73. The number of nitro groups is 1. The molecule has 10 heteroatoms. The molecular weight excluding hydrogens is 450 g/mol. The number of morpholine rings is 1. The van der Waals surface area contributed by atoms with E-state index in [1.165, 1.54) is 22.7 Å². The molecule has 1 amide bonds. The number of hydrogen-bond donors (Lipinski definition) is 0. The van der Waals surface area contributed by atoms with E-state index >= 15 is 0 Å². The summed E-state index contributed by atoms with van der Waals surface area (Å²) in [6, 6.07) is 12.1. The van der Waals surface area contributed by atoms with Gasteiger partial charge in [0.15, 0.2) is 4.32 Å². The molecule has 0 radical (unpaired) electrons. The van der Waals surface area contributed by atoms with Gasteiger partial charge in [-0.2, -0.15) is 0 Å². The van der Waals surface area contributed by atoms with Crippen LogP contribution in [0.3, 0.4) is 0 Å². The summed E-state index contributed by atoms with van der Waals surface area (Å²) >= 11 is 6.59. The largest absolute Gasteiger partial charge is 0.494 e. The van der Waals surface area contributed by atoms with Gasteiger partial charge in [0.25, 0.3) is 11.6 Å². The quantitative estimate of drug-likeness (QED) is 0.268. The molecule has 0 spiro atoms. The molecule has 0 aromatic heterocycles. The first-order valence-corrected chi connectivity index (χ1v) is 11.3. The van der Waals surface area contributed by atoms with E-state index in [0.29, 0.717) is 64.8 Å². The van der Waals surface area contributed by atoms with Crippen LogP contribution in [0.1, 0.15) is 12.5 Å². The van der Waals surface area contributed by atoms with Gasteiger partial charge in [0.2, 0.25) is 0 Å². The highest BCUT2D eigenvalue weighted by Gasteiger charge is 2.33. The second-order valence-corrected chi connectivity index (χ2v) is 8.72. The number of thiocarbonyl (C=S) groups is 1. The minimum Gasteiger partial charge on any atom is -0.494 e. The van der Waals surface area contributed by atoms with E-state index in [1.807, 2.05) is 11.8 Å². The Hall–Kier alpha value is -2.95. The van der Waals surface area contributed by atoms with Gasteiger partial charge in [-0.1, -0.05) is 30.0 Å². The normalized spacial score (nSPS) is 17.8. The van der Waals surface area contributed by atoms with Crippen molar-refractivity contribution in [1.29, 1.82) is 0 Å². The average Bonchev–Trinajstić information content (AvgIpc) is 3.08. The highest BCUT2D eigenvalue weighted by atomic mass is 32.2. The third-order valence-corrected chi connectivity index (χ3v) is 6.35. The van der Waals surface area contributed by atoms with Crippen LogP contribution in [0.25, 0.3) is 6.08 Å². The minimum absolute atomic E-state index is 0.00245. The summed E-state index contributed by atoms with van der Waals surface area (Å²) in [6.07, 6.45) is 1.64. The Morgan fingerprint density at radius 3 is 2.59 bits per heavy atom. The first-order chi connectivity index (χ1) is 15.5. The van der Waals surface area contributed by atoms with E-state index < -0.39 is 4.92 Å². The van der Waals surface area contributed by atoms with Crippen molar-refractivity contribution in [2.75, 3.05) is 42.7 Å². The van der Waals surface area contributed by atoms with Gasteiger partial charge >= 0.3 is 0 Å². The molecule has 166 valence electrons. The molecule has 0 aliphatic carbocycles. The SMILES string of the molecule is CCOc1ccc(N2C(=O)/C(=C/c3ccc(N4CCOCC4)c([N+](=O)[O-])c3)SC2=S)cc1. The summed E-state index contributed by atoms with van der Waals surface area (Å²) in [5, 5.41) is 11.7. The number of rotatable bonds is 6. The molecule has 0 unspecified atom stereocenters. The van der Waals surface area contributed by atoms with Crippen molar-refractivity contribution in [2.24, 2.45) is 0 Å². The number of nitrogens with zero attached hydrogens (tertiary/aromatic N) is 3. The Morgan fingerprint density at radius 1 is 1.22 bits per heavy atom. The van der Waals surface area contributed by atoms with Gasteiger partial charge in [-0.25, -0.2) is 0 Å². The summed E-state index contributed by atoms with van der Waals surface area (Å²) in [7, 11) is 0. The number of thioether (sulfide) groups is 1. The summed E-state index contributed by atoms with van der Waals surface area (Å²) < 4.78 is 11.2. The Morgan fingerprint density at radius 2 is 1.94 bits per heavy atom. The molecule has 0 N–H and O–H groups in total. The van der Waals surface area contributed by atoms with Crippen LogP contribution in [0, 0.1) is 10.1 Å². The standard InChI is InChI=1S/C22H21N3O5S2/c1-2-30-17-6-4-16(5-7-17)24-21(26)20(32-22(24)31)14-15-3-8-18(19(13-15)25(27)28)23-9-11-29-12-10-23/h3-8,13-14H,2,9-12H2,1H3/b20-14-. The molecule has 4 rings (SSSR count). The summed E-state index contributed by atoms with van der Waals surface area (Å²) in [5.41, 5.74) is 1.77. The maximum Gasteiger partial charge on any atom is 0.293 e. The maximum absolute atomic E-state index is 13.0. The van der Waals surface area contributed by atoms with Crippen LogP contribution in [0.15, 0.2) is 47.4 Å². The third kappa shape index (κ3) is 4.62. The molecule has 0 atom stereocenters. The van der Waals surface area contributed by atoms with Crippen molar-refractivity contribution in [3.05, 3.63) is 63.0 Å². The lowest BCUT2D eigenvalue weighted by atomic mass is 10.1. The molecule has 2 aliphatic heterocycles. The molecular formula is C22H21N3O5S2. The fourth-order valence-electron chi connectivity index (χ4n) is 3.55. The van der Waals surface area contributed by atoms with Gasteiger partial charge in [-0.3, -0.25) is 19.8 Å². The number of hydrogen-bond acceptors (Lipinski definition) is 8. The van der Waals surface area contributed by atoms with Crippen LogP contribution in [0.2, 0.25) is 0 Å². The topological polar surface area (TPSA) is 85.2 Å². The number of amides is 1. The fourth-order valence-corrected chi connectivity index (χ4v) is 4.85. The van der Waals surface area contributed by atoms with Gasteiger partial charge in [-0.15, -0.1) is 0 Å². The Balaban J connectivity index is 1.59. The predicted molar refractivity (Wildman–Crippen MR) is 129 cm³/mol. The first kappa shape index (κ1) is 22.3. The van der Waals surface area contributed by atoms with Crippen molar-refractivity contribution < 1.29 is 19.2 Å². The Bertz CT molecular complexity index is 1080. The van der Waals surface area contributed by atoms with E-state index in [2.05, 4.69) is 0 Å². The first-order valence-electron chi connectivity index (χ1n) is 10.1. The van der Waals surface area contributed by atoms with Crippen LogP contribution in [0.4, 0.5) is 17.1 Å². The zero-order chi connectivity index (χ0) is 22.7. The fraction of sp³-hybridized carbons (Fsp3) is 0.273. The van der Waals surface area contributed by atoms with Gasteiger partial charge in [0.1, 0.15) is 11.4 Å². The van der Waals surface area contributed by atoms with Crippen molar-refractivity contribution >= 4 is 57.3 Å². The number of nitro benzene ring substituents is 1. The van der Waals surface area contributed by atoms with Crippen LogP contribution in [0.5, 0.6) is 5.75 Å². The highest BCUT2D eigenvalue weighted by Crippen LogP contribution is 2.38. The monoisotopic (exact) mass is 471 g/mol. The van der Waals surface area contributed by atoms with Crippen molar-refractivity contribution in [1.82, 2.24) is 0 Å². The lowest BCUT2D eigenvalue weighted by Crippen LogP contribution is -2.36. The number of carbonyl (C=O) groups excluding carboxylic acids is 1. The van der Waals surface area contributed by atoms with Gasteiger partial charge in [0, 0.05) is 19.2 Å². The molecule has 0 saturated carbocycles. The van der Waals surface area contributed by atoms with Crippen LogP contribution >= 0.6 is 24.0 Å². The number of carbonyl (C=O) groups is 1. The number of ether oxygens (including phenoxy) is 2. The average molecular weight is 472 g/mol. The van der Waals surface area contributed by atoms with Crippen LogP contribution in [-0.2, 0) is 9.53 Å². The molecule has 2 aromatic rings. The summed E-state index contributed by atoms with van der Waals surface area (Å²) in [4.78, 5) is 28.1. The van der Waals surface area contributed by atoms with E-state index in [0.717, 1.165) is 0 Å². The number of benzene rings is 2. The molecule has 32 heavy (non-hydrogen) atoms. The van der Waals surface area contributed by atoms with Crippen molar-refractivity contribution in [3.8, 4) is 5.75 Å². The summed E-state index contributed by atoms with van der Waals surface area (Å²) in [6.45, 7) is 4.72.